The van der Waals surface area contributed by atoms with Crippen LogP contribution in [0.5, 0.6) is 0 Å². The molecule has 0 bridgehead atoms. The topological polar surface area (TPSA) is 95.1 Å². The number of hydrogen-bond donors (Lipinski definition) is 3. The van der Waals surface area contributed by atoms with Crippen LogP contribution in [0.3, 0.4) is 0 Å². The van der Waals surface area contributed by atoms with Crippen LogP contribution in [-0.2, 0) is 16.0 Å². The van der Waals surface area contributed by atoms with Gasteiger partial charge in [0.1, 0.15) is 11.9 Å². The Labute approximate surface area is 128 Å². The normalized spacial score (nSPS) is 13.1. The lowest BCUT2D eigenvalue weighted by Gasteiger charge is -2.27. The minimum absolute atomic E-state index is 0.133. The summed E-state index contributed by atoms with van der Waals surface area (Å²) in [5.74, 6) is -0.520. The molecular weight excluding hydrogens is 282 g/mol. The van der Waals surface area contributed by atoms with Crippen LogP contribution in [0.15, 0.2) is 18.2 Å². The van der Waals surface area contributed by atoms with Crippen LogP contribution >= 0.6 is 0 Å². The third kappa shape index (κ3) is 3.63. The smallest absolute Gasteiger partial charge is 0.326 e. The van der Waals surface area contributed by atoms with Crippen molar-refractivity contribution >= 4 is 22.9 Å². The second-order valence-electron chi connectivity index (χ2n) is 6.56. The maximum absolute atomic E-state index is 12.1. The van der Waals surface area contributed by atoms with E-state index in [1.807, 2.05) is 25.1 Å². The molecule has 0 spiro atoms. The molecule has 0 saturated heterocycles. The van der Waals surface area contributed by atoms with Gasteiger partial charge in [0.25, 0.3) is 0 Å². The number of imidazole rings is 1. The predicted octanol–water partition coefficient (Wildman–Crippen LogP) is 2.03. The van der Waals surface area contributed by atoms with Crippen LogP contribution in [0.2, 0.25) is 0 Å². The number of carbonyl (C=O) groups is 2. The number of aliphatic carboxylic acids is 1. The van der Waals surface area contributed by atoms with E-state index in [2.05, 4.69) is 15.3 Å². The summed E-state index contributed by atoms with van der Waals surface area (Å²) in [5, 5.41) is 11.8. The summed E-state index contributed by atoms with van der Waals surface area (Å²) in [6, 6.07) is 4.62. The monoisotopic (exact) mass is 303 g/mol. The van der Waals surface area contributed by atoms with Gasteiger partial charge in [-0.05, 0) is 30.0 Å². The van der Waals surface area contributed by atoms with Crippen molar-refractivity contribution in [3.63, 3.8) is 0 Å². The van der Waals surface area contributed by atoms with Crippen LogP contribution in [0.4, 0.5) is 0 Å². The Morgan fingerprint density at radius 3 is 2.64 bits per heavy atom. The van der Waals surface area contributed by atoms with Gasteiger partial charge < -0.3 is 15.4 Å². The highest BCUT2D eigenvalue weighted by Crippen LogP contribution is 2.20. The van der Waals surface area contributed by atoms with Crippen LogP contribution < -0.4 is 5.32 Å². The number of aromatic amines is 1. The average Bonchev–Trinajstić information content (AvgIpc) is 2.73. The average molecular weight is 303 g/mol. The van der Waals surface area contributed by atoms with Gasteiger partial charge in [-0.15, -0.1) is 0 Å². The number of carbonyl (C=O) groups excluding carboxylic acids is 1. The molecule has 1 atom stereocenters. The molecule has 0 aliphatic heterocycles. The van der Waals surface area contributed by atoms with Crippen LogP contribution in [0, 0.1) is 12.3 Å². The Balaban J connectivity index is 2.11. The lowest BCUT2D eigenvalue weighted by atomic mass is 9.86. The second kappa shape index (κ2) is 5.79. The predicted molar refractivity (Wildman–Crippen MR) is 83.6 cm³/mol. The van der Waals surface area contributed by atoms with Crippen molar-refractivity contribution < 1.29 is 14.7 Å². The van der Waals surface area contributed by atoms with Gasteiger partial charge in [0.15, 0.2) is 0 Å². The lowest BCUT2D eigenvalue weighted by Crippen LogP contribution is -2.49. The van der Waals surface area contributed by atoms with Crippen molar-refractivity contribution in [1.82, 2.24) is 15.3 Å². The van der Waals surface area contributed by atoms with E-state index < -0.39 is 17.4 Å². The molecule has 1 aromatic heterocycles. The number of amides is 1. The fourth-order valence-corrected chi connectivity index (χ4v) is 2.34. The van der Waals surface area contributed by atoms with E-state index in [9.17, 15) is 14.7 Å². The van der Waals surface area contributed by atoms with E-state index in [4.69, 9.17) is 0 Å². The van der Waals surface area contributed by atoms with Crippen LogP contribution in [0.1, 0.15) is 32.2 Å². The van der Waals surface area contributed by atoms with E-state index >= 15 is 0 Å². The molecule has 1 aromatic carbocycles. The SMILES string of the molecule is Cc1nc2ccc(CC(=O)N[C@H](C(=O)O)C(C)(C)C)cc2[nH]1. The van der Waals surface area contributed by atoms with Gasteiger partial charge in [0.05, 0.1) is 17.5 Å². The summed E-state index contributed by atoms with van der Waals surface area (Å²) in [7, 11) is 0. The number of carboxylic acid groups (broad SMARTS) is 1. The first-order chi connectivity index (χ1) is 10.2. The van der Waals surface area contributed by atoms with Crippen LogP contribution in [0.25, 0.3) is 11.0 Å². The Morgan fingerprint density at radius 2 is 2.05 bits per heavy atom. The zero-order valence-electron chi connectivity index (χ0n) is 13.2. The lowest BCUT2D eigenvalue weighted by molar-refractivity contribution is -0.144. The quantitative estimate of drug-likeness (QED) is 0.805. The number of carboxylic acids is 1. The first kappa shape index (κ1) is 16.0. The number of nitrogens with one attached hydrogen (secondary N) is 2. The highest BCUT2D eigenvalue weighted by molar-refractivity contribution is 5.86. The summed E-state index contributed by atoms with van der Waals surface area (Å²) in [6.07, 6.45) is 0.133. The van der Waals surface area contributed by atoms with Gasteiger partial charge in [-0.1, -0.05) is 26.8 Å². The molecule has 2 rings (SSSR count). The zero-order chi connectivity index (χ0) is 16.5. The van der Waals surface area contributed by atoms with Crippen molar-refractivity contribution in [3.8, 4) is 0 Å². The minimum Gasteiger partial charge on any atom is -0.480 e. The minimum atomic E-state index is -1.03. The number of H-pyrrole nitrogens is 1. The highest BCUT2D eigenvalue weighted by Gasteiger charge is 2.32. The van der Waals surface area contributed by atoms with Gasteiger partial charge in [0.2, 0.25) is 5.91 Å². The molecule has 1 heterocycles. The molecule has 0 saturated carbocycles. The molecule has 3 N–H and O–H groups in total. The third-order valence-electron chi connectivity index (χ3n) is 3.45. The molecule has 2 aromatic rings. The number of nitrogens with zero attached hydrogens (tertiary/aromatic N) is 1. The molecular formula is C16H21N3O3. The van der Waals surface area contributed by atoms with Crippen molar-refractivity contribution in [1.29, 1.82) is 0 Å². The largest absolute Gasteiger partial charge is 0.480 e. The molecule has 0 unspecified atom stereocenters. The van der Waals surface area contributed by atoms with E-state index in [1.165, 1.54) is 0 Å². The molecule has 22 heavy (non-hydrogen) atoms. The number of benzene rings is 1. The number of aromatic nitrogens is 2. The first-order valence-corrected chi connectivity index (χ1v) is 7.14. The van der Waals surface area contributed by atoms with Gasteiger partial charge in [-0.2, -0.15) is 0 Å². The zero-order valence-corrected chi connectivity index (χ0v) is 13.2. The summed E-state index contributed by atoms with van der Waals surface area (Å²) in [4.78, 5) is 30.8. The maximum Gasteiger partial charge on any atom is 0.326 e. The summed E-state index contributed by atoms with van der Waals surface area (Å²) < 4.78 is 0. The molecule has 0 radical (unpaired) electrons. The highest BCUT2D eigenvalue weighted by atomic mass is 16.4. The van der Waals surface area contributed by atoms with Gasteiger partial charge in [0, 0.05) is 0 Å². The molecule has 0 aliphatic carbocycles. The van der Waals surface area contributed by atoms with Crippen molar-refractivity contribution in [2.75, 3.05) is 0 Å². The Kier molecular flexibility index (Phi) is 4.21. The number of fused-ring (bicyclic) bond motifs is 1. The number of aryl methyl sites for hydroxylation is 1. The number of hydrogen-bond acceptors (Lipinski definition) is 3. The maximum atomic E-state index is 12.1. The summed E-state index contributed by atoms with van der Waals surface area (Å²) in [5.41, 5.74) is 1.98. The standard InChI is InChI=1S/C16H21N3O3/c1-9-17-11-6-5-10(7-12(11)18-9)8-13(20)19-14(15(21)22)16(2,3)4/h5-7,14H,8H2,1-4H3,(H,17,18)(H,19,20)(H,21,22)/t14-/m1/s1. The Hall–Kier alpha value is -2.37. The fourth-order valence-electron chi connectivity index (χ4n) is 2.34. The Bertz CT molecular complexity index is 713. The van der Waals surface area contributed by atoms with Crippen LogP contribution in [-0.4, -0.2) is 33.0 Å². The third-order valence-corrected chi connectivity index (χ3v) is 3.45. The molecule has 118 valence electrons. The first-order valence-electron chi connectivity index (χ1n) is 7.14. The van der Waals surface area contributed by atoms with E-state index in [0.29, 0.717) is 0 Å². The summed E-state index contributed by atoms with van der Waals surface area (Å²) >= 11 is 0. The van der Waals surface area contributed by atoms with E-state index in [0.717, 1.165) is 22.4 Å². The van der Waals surface area contributed by atoms with Gasteiger partial charge in [-0.3, -0.25) is 4.79 Å². The van der Waals surface area contributed by atoms with E-state index in [-0.39, 0.29) is 12.3 Å². The van der Waals surface area contributed by atoms with Crippen molar-refractivity contribution in [2.45, 2.75) is 40.2 Å². The second-order valence-corrected chi connectivity index (χ2v) is 6.56. The van der Waals surface area contributed by atoms with Gasteiger partial charge >= 0.3 is 5.97 Å². The molecule has 0 fully saturated rings. The van der Waals surface area contributed by atoms with E-state index in [1.54, 1.807) is 20.8 Å². The van der Waals surface area contributed by atoms with Crippen molar-refractivity contribution in [2.24, 2.45) is 5.41 Å². The number of rotatable bonds is 4. The molecule has 0 aliphatic rings. The molecule has 6 nitrogen and oxygen atoms in total. The Morgan fingerprint density at radius 1 is 1.36 bits per heavy atom. The molecule has 6 heteroatoms. The molecule has 1 amide bonds. The summed E-state index contributed by atoms with van der Waals surface area (Å²) in [6.45, 7) is 7.22. The van der Waals surface area contributed by atoms with Crippen molar-refractivity contribution in [3.05, 3.63) is 29.6 Å². The van der Waals surface area contributed by atoms with Gasteiger partial charge in [-0.25, -0.2) is 9.78 Å². The fraction of sp³-hybridized carbons (Fsp3) is 0.438.